The van der Waals surface area contributed by atoms with Gasteiger partial charge in [0.25, 0.3) is 0 Å². The summed E-state index contributed by atoms with van der Waals surface area (Å²) in [6, 6.07) is 7.80. The minimum absolute atomic E-state index is 0.0121. The number of nitrogens with two attached hydrogens (primary N) is 1. The SMILES string of the molecule is NC1CCCCC1CC(=O)N[C@@H]1c2ccccc2C[C@@H]1O. The van der Waals surface area contributed by atoms with Crippen molar-refractivity contribution in [2.24, 2.45) is 11.7 Å². The standard InChI is InChI=1S/C17H24N2O2/c18-14-8-4-2-6-12(14)10-16(21)19-17-13-7-3-1-5-11(13)9-15(17)20/h1,3,5,7,12,14-15,17,20H,2,4,6,8-10,18H2,(H,19,21)/t12?,14?,15-,17+/m0/s1. The van der Waals surface area contributed by atoms with Crippen molar-refractivity contribution in [2.45, 2.75) is 56.7 Å². The Morgan fingerprint density at radius 2 is 2.05 bits per heavy atom. The minimum atomic E-state index is -0.522. The molecular formula is C17H24N2O2. The molecule has 0 saturated heterocycles. The Morgan fingerprint density at radius 3 is 2.86 bits per heavy atom. The van der Waals surface area contributed by atoms with Crippen LogP contribution in [-0.4, -0.2) is 23.2 Å². The first-order valence-electron chi connectivity index (χ1n) is 7.96. The van der Waals surface area contributed by atoms with Crippen LogP contribution in [0.2, 0.25) is 0 Å². The molecule has 4 N–H and O–H groups in total. The number of carbonyl (C=O) groups excluding carboxylic acids is 1. The van der Waals surface area contributed by atoms with E-state index in [1.165, 1.54) is 12.8 Å². The molecule has 0 aliphatic heterocycles. The molecule has 1 saturated carbocycles. The number of aliphatic hydroxyl groups is 1. The summed E-state index contributed by atoms with van der Waals surface area (Å²) in [7, 11) is 0. The number of amides is 1. The molecule has 4 nitrogen and oxygen atoms in total. The van der Waals surface area contributed by atoms with Crippen molar-refractivity contribution in [1.29, 1.82) is 0 Å². The van der Waals surface area contributed by atoms with E-state index in [9.17, 15) is 9.90 Å². The molecular weight excluding hydrogens is 264 g/mol. The molecule has 3 rings (SSSR count). The predicted octanol–water partition coefficient (Wildman–Crippen LogP) is 1.67. The number of fused-ring (bicyclic) bond motifs is 1. The Bertz CT molecular complexity index is 517. The molecule has 1 aromatic rings. The molecule has 0 heterocycles. The zero-order chi connectivity index (χ0) is 14.8. The fourth-order valence-electron chi connectivity index (χ4n) is 3.71. The lowest BCUT2D eigenvalue weighted by Crippen LogP contribution is -2.39. The van der Waals surface area contributed by atoms with E-state index in [1.54, 1.807) is 0 Å². The molecule has 1 aromatic carbocycles. The van der Waals surface area contributed by atoms with Crippen LogP contribution in [0.4, 0.5) is 0 Å². The Kier molecular flexibility index (Phi) is 4.27. The molecule has 2 unspecified atom stereocenters. The molecule has 0 radical (unpaired) electrons. The van der Waals surface area contributed by atoms with Crippen molar-refractivity contribution < 1.29 is 9.90 Å². The second kappa shape index (κ2) is 6.16. The van der Waals surface area contributed by atoms with Gasteiger partial charge in [0.05, 0.1) is 12.1 Å². The van der Waals surface area contributed by atoms with Crippen LogP contribution in [0, 0.1) is 5.92 Å². The first-order valence-corrected chi connectivity index (χ1v) is 7.96. The van der Waals surface area contributed by atoms with Crippen LogP contribution in [0.5, 0.6) is 0 Å². The maximum atomic E-state index is 12.3. The summed E-state index contributed by atoms with van der Waals surface area (Å²) in [6.07, 6.45) is 4.97. The summed E-state index contributed by atoms with van der Waals surface area (Å²) in [6.45, 7) is 0. The molecule has 0 spiro atoms. The molecule has 1 fully saturated rings. The second-order valence-electron chi connectivity index (χ2n) is 6.43. The van der Waals surface area contributed by atoms with Crippen molar-refractivity contribution in [3.05, 3.63) is 35.4 Å². The van der Waals surface area contributed by atoms with Crippen LogP contribution >= 0.6 is 0 Å². The Balaban J connectivity index is 1.62. The zero-order valence-corrected chi connectivity index (χ0v) is 12.3. The number of carbonyl (C=O) groups is 1. The van der Waals surface area contributed by atoms with Gasteiger partial charge in [0, 0.05) is 18.9 Å². The van der Waals surface area contributed by atoms with Gasteiger partial charge in [-0.25, -0.2) is 0 Å². The van der Waals surface area contributed by atoms with Crippen molar-refractivity contribution in [3.8, 4) is 0 Å². The molecule has 4 heteroatoms. The molecule has 0 aromatic heterocycles. The molecule has 21 heavy (non-hydrogen) atoms. The van der Waals surface area contributed by atoms with Crippen LogP contribution in [0.1, 0.15) is 49.3 Å². The summed E-state index contributed by atoms with van der Waals surface area (Å²) < 4.78 is 0. The normalized spacial score (nSPS) is 31.7. The first-order chi connectivity index (χ1) is 10.1. The fraction of sp³-hybridized carbons (Fsp3) is 0.588. The number of nitrogens with one attached hydrogen (secondary N) is 1. The summed E-state index contributed by atoms with van der Waals surface area (Å²) in [5.74, 6) is 0.297. The van der Waals surface area contributed by atoms with Gasteiger partial charge in [-0.3, -0.25) is 4.79 Å². The number of benzene rings is 1. The third-order valence-electron chi connectivity index (χ3n) is 4.94. The number of aliphatic hydroxyl groups excluding tert-OH is 1. The summed E-state index contributed by atoms with van der Waals surface area (Å²) in [5.41, 5.74) is 8.29. The van der Waals surface area contributed by atoms with Crippen LogP contribution in [-0.2, 0) is 11.2 Å². The van der Waals surface area contributed by atoms with Gasteiger partial charge in [0.15, 0.2) is 0 Å². The van der Waals surface area contributed by atoms with E-state index in [2.05, 4.69) is 5.32 Å². The van der Waals surface area contributed by atoms with Crippen LogP contribution in [0.25, 0.3) is 0 Å². The smallest absolute Gasteiger partial charge is 0.220 e. The van der Waals surface area contributed by atoms with Crippen LogP contribution in [0.15, 0.2) is 24.3 Å². The highest BCUT2D eigenvalue weighted by Crippen LogP contribution is 2.32. The lowest BCUT2D eigenvalue weighted by Gasteiger charge is -2.28. The first kappa shape index (κ1) is 14.5. The van der Waals surface area contributed by atoms with Crippen LogP contribution < -0.4 is 11.1 Å². The highest BCUT2D eigenvalue weighted by Gasteiger charge is 2.33. The van der Waals surface area contributed by atoms with Crippen molar-refractivity contribution in [1.82, 2.24) is 5.32 Å². The average molecular weight is 288 g/mol. The molecule has 0 bridgehead atoms. The third-order valence-corrected chi connectivity index (χ3v) is 4.94. The van der Waals surface area contributed by atoms with Gasteiger partial charge in [0.1, 0.15) is 0 Å². The molecule has 2 aliphatic carbocycles. The quantitative estimate of drug-likeness (QED) is 0.792. The van der Waals surface area contributed by atoms with Gasteiger partial charge in [-0.1, -0.05) is 37.1 Å². The molecule has 114 valence electrons. The third kappa shape index (κ3) is 3.11. The van der Waals surface area contributed by atoms with Gasteiger partial charge >= 0.3 is 0 Å². The predicted molar refractivity (Wildman–Crippen MR) is 81.6 cm³/mol. The van der Waals surface area contributed by atoms with Gasteiger partial charge in [0.2, 0.25) is 5.91 Å². The highest BCUT2D eigenvalue weighted by atomic mass is 16.3. The van der Waals surface area contributed by atoms with E-state index >= 15 is 0 Å². The summed E-state index contributed by atoms with van der Waals surface area (Å²) in [4.78, 5) is 12.3. The Morgan fingerprint density at radius 1 is 1.29 bits per heavy atom. The molecule has 1 amide bonds. The topological polar surface area (TPSA) is 75.4 Å². The van der Waals surface area contributed by atoms with Crippen molar-refractivity contribution >= 4 is 5.91 Å². The van der Waals surface area contributed by atoms with Crippen LogP contribution in [0.3, 0.4) is 0 Å². The Hall–Kier alpha value is -1.39. The van der Waals surface area contributed by atoms with Crippen molar-refractivity contribution in [3.63, 3.8) is 0 Å². The molecule has 2 aliphatic rings. The monoisotopic (exact) mass is 288 g/mol. The lowest BCUT2D eigenvalue weighted by molar-refractivity contribution is -0.123. The minimum Gasteiger partial charge on any atom is -0.390 e. The molecule has 4 atom stereocenters. The second-order valence-corrected chi connectivity index (χ2v) is 6.43. The average Bonchev–Trinajstić information content (AvgIpc) is 2.78. The number of hydrogen-bond donors (Lipinski definition) is 3. The summed E-state index contributed by atoms with van der Waals surface area (Å²) in [5, 5.41) is 13.2. The Labute approximate surface area is 125 Å². The van der Waals surface area contributed by atoms with E-state index in [0.717, 1.165) is 24.0 Å². The van der Waals surface area contributed by atoms with E-state index in [1.807, 2.05) is 24.3 Å². The van der Waals surface area contributed by atoms with Crippen molar-refractivity contribution in [2.75, 3.05) is 0 Å². The van der Waals surface area contributed by atoms with Gasteiger partial charge in [-0.15, -0.1) is 0 Å². The number of hydrogen-bond acceptors (Lipinski definition) is 3. The maximum absolute atomic E-state index is 12.3. The zero-order valence-electron chi connectivity index (χ0n) is 12.3. The van der Waals surface area contributed by atoms with E-state index in [4.69, 9.17) is 5.73 Å². The number of rotatable bonds is 3. The fourth-order valence-corrected chi connectivity index (χ4v) is 3.71. The van der Waals surface area contributed by atoms with E-state index in [0.29, 0.717) is 12.8 Å². The largest absolute Gasteiger partial charge is 0.390 e. The van der Waals surface area contributed by atoms with Gasteiger partial charge < -0.3 is 16.2 Å². The highest BCUT2D eigenvalue weighted by molar-refractivity contribution is 5.77. The van der Waals surface area contributed by atoms with Gasteiger partial charge in [-0.2, -0.15) is 0 Å². The lowest BCUT2D eigenvalue weighted by atomic mass is 9.83. The van der Waals surface area contributed by atoms with E-state index in [-0.39, 0.29) is 23.9 Å². The summed E-state index contributed by atoms with van der Waals surface area (Å²) >= 11 is 0. The van der Waals surface area contributed by atoms with E-state index < -0.39 is 6.10 Å². The maximum Gasteiger partial charge on any atom is 0.220 e. The van der Waals surface area contributed by atoms with Gasteiger partial charge in [-0.05, 0) is 29.9 Å².